The molecule has 0 radical (unpaired) electrons. The first kappa shape index (κ1) is 15.4. The van der Waals surface area contributed by atoms with Gasteiger partial charge in [-0.2, -0.15) is 0 Å². The van der Waals surface area contributed by atoms with E-state index in [4.69, 9.17) is 9.47 Å². The normalized spacial score (nSPS) is 20.1. The van der Waals surface area contributed by atoms with Crippen LogP contribution < -0.4 is 0 Å². The van der Waals surface area contributed by atoms with Crippen LogP contribution in [0.1, 0.15) is 31.1 Å². The summed E-state index contributed by atoms with van der Waals surface area (Å²) in [6.07, 6.45) is 5.71. The van der Waals surface area contributed by atoms with E-state index in [2.05, 4.69) is 0 Å². The lowest BCUT2D eigenvalue weighted by Crippen LogP contribution is -2.33. The van der Waals surface area contributed by atoms with E-state index < -0.39 is 5.79 Å². The third kappa shape index (κ3) is 4.02. The Morgan fingerprint density at radius 2 is 1.65 bits per heavy atom. The molecule has 0 saturated carbocycles. The van der Waals surface area contributed by atoms with Crippen molar-refractivity contribution in [3.05, 3.63) is 83.6 Å². The van der Waals surface area contributed by atoms with Gasteiger partial charge in [-0.15, -0.1) is 0 Å². The highest BCUT2D eigenvalue weighted by Crippen LogP contribution is 2.34. The molecule has 2 aromatic carbocycles. The summed E-state index contributed by atoms with van der Waals surface area (Å²) < 4.78 is 11.9. The van der Waals surface area contributed by atoms with Crippen LogP contribution in [0.3, 0.4) is 0 Å². The van der Waals surface area contributed by atoms with Crippen LogP contribution in [0.4, 0.5) is 0 Å². The van der Waals surface area contributed by atoms with E-state index in [0.29, 0.717) is 0 Å². The lowest BCUT2D eigenvalue weighted by Gasteiger charge is -2.35. The largest absolute Gasteiger partial charge is 0.508 e. The Morgan fingerprint density at radius 1 is 0.957 bits per heavy atom. The molecule has 0 amide bonds. The Bertz CT molecular complexity index is 712. The zero-order valence-electron chi connectivity index (χ0n) is 13.3. The van der Waals surface area contributed by atoms with Crippen molar-refractivity contribution in [3.63, 3.8) is 0 Å². The van der Waals surface area contributed by atoms with Crippen LogP contribution in [0.2, 0.25) is 0 Å². The van der Waals surface area contributed by atoms with Crippen LogP contribution in [0.15, 0.2) is 72.5 Å². The molecular formula is C20H20O3. The van der Waals surface area contributed by atoms with E-state index in [9.17, 15) is 5.11 Å². The van der Waals surface area contributed by atoms with Gasteiger partial charge in [0, 0.05) is 13.8 Å². The van der Waals surface area contributed by atoms with Crippen LogP contribution in [-0.4, -0.2) is 10.9 Å². The van der Waals surface area contributed by atoms with Crippen molar-refractivity contribution in [1.29, 1.82) is 0 Å². The maximum absolute atomic E-state index is 9.33. The molecule has 2 aromatic rings. The van der Waals surface area contributed by atoms with Gasteiger partial charge in [0.1, 0.15) is 17.6 Å². The number of ether oxygens (including phenoxy) is 2. The summed E-state index contributed by atoms with van der Waals surface area (Å²) in [5.41, 5.74) is 2.09. The number of rotatable bonds is 3. The van der Waals surface area contributed by atoms with Crippen molar-refractivity contribution in [2.75, 3.05) is 0 Å². The second kappa shape index (κ2) is 6.31. The molecule has 1 atom stereocenters. The molecule has 1 unspecified atom stereocenters. The summed E-state index contributed by atoms with van der Waals surface area (Å²) in [5.74, 6) is 0.335. The zero-order valence-corrected chi connectivity index (χ0v) is 13.3. The van der Waals surface area contributed by atoms with Crippen molar-refractivity contribution < 1.29 is 14.6 Å². The second-order valence-corrected chi connectivity index (χ2v) is 5.94. The fourth-order valence-corrected chi connectivity index (χ4v) is 2.49. The van der Waals surface area contributed by atoms with Gasteiger partial charge < -0.3 is 14.6 Å². The van der Waals surface area contributed by atoms with Gasteiger partial charge >= 0.3 is 0 Å². The number of allylic oxidation sites excluding steroid dienone is 1. The smallest absolute Gasteiger partial charge is 0.205 e. The average Bonchev–Trinajstić information content (AvgIpc) is 2.54. The highest BCUT2D eigenvalue weighted by Gasteiger charge is 2.30. The van der Waals surface area contributed by atoms with Gasteiger partial charge in [0.2, 0.25) is 5.79 Å². The van der Waals surface area contributed by atoms with Crippen molar-refractivity contribution >= 4 is 6.08 Å². The van der Waals surface area contributed by atoms with Crippen LogP contribution in [-0.2, 0) is 9.47 Å². The van der Waals surface area contributed by atoms with Crippen molar-refractivity contribution in [3.8, 4) is 5.75 Å². The molecule has 118 valence electrons. The quantitative estimate of drug-likeness (QED) is 0.884. The molecule has 0 aliphatic carbocycles. The second-order valence-electron chi connectivity index (χ2n) is 5.94. The van der Waals surface area contributed by atoms with E-state index in [1.165, 1.54) is 0 Å². The molecule has 1 N–H and O–H groups in total. The molecule has 3 nitrogen and oxygen atoms in total. The number of aromatic hydroxyl groups is 1. The van der Waals surface area contributed by atoms with Crippen LogP contribution in [0.5, 0.6) is 5.75 Å². The highest BCUT2D eigenvalue weighted by molar-refractivity contribution is 5.53. The number of benzene rings is 2. The molecule has 0 fully saturated rings. The molecule has 1 aliphatic rings. The summed E-state index contributed by atoms with van der Waals surface area (Å²) in [7, 11) is 0. The van der Waals surface area contributed by atoms with Crippen LogP contribution in [0.25, 0.3) is 6.08 Å². The van der Waals surface area contributed by atoms with E-state index in [1.807, 2.05) is 74.5 Å². The van der Waals surface area contributed by atoms with E-state index in [0.717, 1.165) is 16.9 Å². The Hall–Kier alpha value is -2.52. The van der Waals surface area contributed by atoms with Gasteiger partial charge in [-0.3, -0.25) is 0 Å². The molecule has 1 heterocycles. The third-order valence-electron chi connectivity index (χ3n) is 3.55. The minimum absolute atomic E-state index is 0.139. The Morgan fingerprint density at radius 3 is 2.35 bits per heavy atom. The predicted octanol–water partition coefficient (Wildman–Crippen LogP) is 4.81. The minimum atomic E-state index is -0.691. The number of hydrogen-bond donors (Lipinski definition) is 1. The molecule has 23 heavy (non-hydrogen) atoms. The maximum atomic E-state index is 9.33. The molecule has 0 bridgehead atoms. The monoisotopic (exact) mass is 308 g/mol. The summed E-state index contributed by atoms with van der Waals surface area (Å²) in [4.78, 5) is 0. The molecule has 3 heteroatoms. The Labute approximate surface area is 136 Å². The predicted molar refractivity (Wildman–Crippen MR) is 90.7 cm³/mol. The SMILES string of the molecule is CC1(C)OC(C=Cc2ccc(O)cc2)=CC(c2ccccc2)O1. The van der Waals surface area contributed by atoms with Gasteiger partial charge in [-0.25, -0.2) is 0 Å². The van der Waals surface area contributed by atoms with E-state index in [-0.39, 0.29) is 11.9 Å². The first-order valence-electron chi connectivity index (χ1n) is 7.63. The molecular weight excluding hydrogens is 288 g/mol. The zero-order chi connectivity index (χ0) is 16.3. The molecule has 0 saturated heterocycles. The number of hydrogen-bond acceptors (Lipinski definition) is 3. The minimum Gasteiger partial charge on any atom is -0.508 e. The summed E-state index contributed by atoms with van der Waals surface area (Å²) in [6.45, 7) is 3.81. The van der Waals surface area contributed by atoms with Gasteiger partial charge in [-0.1, -0.05) is 48.5 Å². The Kier molecular flexibility index (Phi) is 4.22. The topological polar surface area (TPSA) is 38.7 Å². The first-order chi connectivity index (χ1) is 11.0. The van der Waals surface area contributed by atoms with Crippen LogP contribution >= 0.6 is 0 Å². The van der Waals surface area contributed by atoms with Gasteiger partial charge in [0.05, 0.1) is 0 Å². The lowest BCUT2D eigenvalue weighted by molar-refractivity contribution is -0.221. The van der Waals surface area contributed by atoms with Gasteiger partial charge in [-0.05, 0) is 35.4 Å². The number of phenols is 1. The summed E-state index contributed by atoms with van der Waals surface area (Å²) in [6, 6.07) is 17.1. The highest BCUT2D eigenvalue weighted by atomic mass is 16.7. The Balaban J connectivity index is 1.84. The first-order valence-corrected chi connectivity index (χ1v) is 7.63. The summed E-state index contributed by atoms with van der Waals surface area (Å²) in [5, 5.41) is 9.33. The lowest BCUT2D eigenvalue weighted by atomic mass is 10.1. The van der Waals surface area contributed by atoms with Crippen molar-refractivity contribution in [2.24, 2.45) is 0 Å². The fraction of sp³-hybridized carbons (Fsp3) is 0.200. The maximum Gasteiger partial charge on any atom is 0.205 e. The molecule has 1 aliphatic heterocycles. The van der Waals surface area contributed by atoms with Gasteiger partial charge in [0.25, 0.3) is 0 Å². The van der Waals surface area contributed by atoms with Crippen molar-refractivity contribution in [1.82, 2.24) is 0 Å². The summed E-state index contributed by atoms with van der Waals surface area (Å²) >= 11 is 0. The third-order valence-corrected chi connectivity index (χ3v) is 3.55. The average molecular weight is 308 g/mol. The van der Waals surface area contributed by atoms with E-state index >= 15 is 0 Å². The van der Waals surface area contributed by atoms with Crippen molar-refractivity contribution in [2.45, 2.75) is 25.7 Å². The number of phenolic OH excluding ortho intramolecular Hbond substituents is 1. The van der Waals surface area contributed by atoms with Gasteiger partial charge in [0.15, 0.2) is 0 Å². The molecule has 3 rings (SSSR count). The standard InChI is InChI=1S/C20H20O3/c1-20(2)22-18(13-10-15-8-11-17(21)12-9-15)14-19(23-20)16-6-4-3-5-7-16/h3-14,19,21H,1-2H3. The molecule has 0 spiro atoms. The fourth-order valence-electron chi connectivity index (χ4n) is 2.49. The van der Waals surface area contributed by atoms with E-state index in [1.54, 1.807) is 12.1 Å². The molecule has 0 aromatic heterocycles. The van der Waals surface area contributed by atoms with Crippen LogP contribution in [0, 0.1) is 0 Å².